The molecule has 3 aromatic rings. The van der Waals surface area contributed by atoms with Gasteiger partial charge in [-0.2, -0.15) is 0 Å². The van der Waals surface area contributed by atoms with Crippen LogP contribution in [0.5, 0.6) is 11.5 Å². The van der Waals surface area contributed by atoms with Gasteiger partial charge in [0.1, 0.15) is 10.8 Å². The van der Waals surface area contributed by atoms with Gasteiger partial charge < -0.3 is 19.7 Å². The van der Waals surface area contributed by atoms with E-state index in [-0.39, 0.29) is 41.5 Å². The third kappa shape index (κ3) is 5.37. The zero-order valence-corrected chi connectivity index (χ0v) is 19.1. The van der Waals surface area contributed by atoms with E-state index in [0.717, 1.165) is 11.8 Å². The van der Waals surface area contributed by atoms with Gasteiger partial charge >= 0.3 is 0 Å². The first kappa shape index (κ1) is 22.9. The summed E-state index contributed by atoms with van der Waals surface area (Å²) >= 11 is 7.22. The minimum Gasteiger partial charge on any atom is -0.454 e. The number of fused-ring (bicyclic) bond motifs is 1. The highest BCUT2D eigenvalue weighted by Crippen LogP contribution is 2.34. The molecule has 2 amide bonds. The lowest BCUT2D eigenvalue weighted by Gasteiger charge is -2.19. The highest BCUT2D eigenvalue weighted by molar-refractivity contribution is 8.00. The summed E-state index contributed by atoms with van der Waals surface area (Å²) in [6, 6.07) is 12.7. The van der Waals surface area contributed by atoms with Gasteiger partial charge in [0, 0.05) is 42.1 Å². The molecule has 0 saturated carbocycles. The van der Waals surface area contributed by atoms with Gasteiger partial charge in [-0.1, -0.05) is 29.4 Å². The Morgan fingerprint density at radius 2 is 2.00 bits per heavy atom. The third-order valence-corrected chi connectivity index (χ3v) is 6.16. The predicted molar refractivity (Wildman–Crippen MR) is 123 cm³/mol. The molecule has 0 atom stereocenters. The lowest BCUT2D eigenvalue weighted by Crippen LogP contribution is -2.27. The summed E-state index contributed by atoms with van der Waals surface area (Å²) in [5, 5.41) is 3.43. The Kier molecular flexibility index (Phi) is 7.00. The van der Waals surface area contributed by atoms with Crippen LogP contribution in [0.4, 0.5) is 10.1 Å². The van der Waals surface area contributed by atoms with Crippen LogP contribution in [0.1, 0.15) is 15.9 Å². The summed E-state index contributed by atoms with van der Waals surface area (Å²) in [6.45, 7) is 0.143. The molecule has 0 unspecified atom stereocenters. The topological polar surface area (TPSA) is 80.8 Å². The predicted octanol–water partition coefficient (Wildman–Crippen LogP) is 4.61. The molecule has 2 aromatic carbocycles. The molecule has 0 saturated heterocycles. The average Bonchev–Trinajstić information content (AvgIpc) is 3.28. The van der Waals surface area contributed by atoms with E-state index in [1.54, 1.807) is 49.6 Å². The lowest BCUT2D eigenvalue weighted by atomic mass is 10.2. The van der Waals surface area contributed by atoms with Gasteiger partial charge in [-0.05, 0) is 36.4 Å². The van der Waals surface area contributed by atoms with Crippen molar-refractivity contribution < 1.29 is 23.5 Å². The van der Waals surface area contributed by atoms with Gasteiger partial charge in [0.15, 0.2) is 11.5 Å². The molecule has 1 aliphatic heterocycles. The molecule has 0 radical (unpaired) electrons. The Morgan fingerprint density at radius 3 is 2.82 bits per heavy atom. The minimum absolute atomic E-state index is 0.00601. The number of pyridine rings is 1. The Hall–Kier alpha value is -3.30. The van der Waals surface area contributed by atoms with E-state index in [9.17, 15) is 14.0 Å². The number of ether oxygens (including phenoxy) is 2. The fourth-order valence-corrected chi connectivity index (χ4v) is 4.18. The summed E-state index contributed by atoms with van der Waals surface area (Å²) in [5.41, 5.74) is 1.12. The Balaban J connectivity index is 1.40. The second kappa shape index (κ2) is 10.1. The van der Waals surface area contributed by atoms with Crippen molar-refractivity contribution in [2.24, 2.45) is 0 Å². The van der Waals surface area contributed by atoms with Crippen molar-refractivity contribution in [1.29, 1.82) is 0 Å². The first-order valence-electron chi connectivity index (χ1n) is 9.88. The second-order valence-corrected chi connectivity index (χ2v) is 8.49. The van der Waals surface area contributed by atoms with E-state index in [2.05, 4.69) is 10.3 Å². The molecule has 0 spiro atoms. The fraction of sp³-hybridized carbons (Fsp3) is 0.174. The largest absolute Gasteiger partial charge is 0.454 e. The number of carbonyl (C=O) groups is 2. The molecule has 170 valence electrons. The molecule has 33 heavy (non-hydrogen) atoms. The molecular formula is C23H19ClFN3O4S. The molecule has 4 rings (SSSR count). The number of amides is 2. The van der Waals surface area contributed by atoms with E-state index in [4.69, 9.17) is 21.1 Å². The van der Waals surface area contributed by atoms with Crippen LogP contribution in [-0.2, 0) is 11.3 Å². The smallest absolute Gasteiger partial charge is 0.256 e. The van der Waals surface area contributed by atoms with Crippen molar-refractivity contribution in [2.45, 2.75) is 11.6 Å². The number of nitrogens with zero attached hydrogens (tertiary/aromatic N) is 2. The Morgan fingerprint density at radius 1 is 1.18 bits per heavy atom. The molecule has 0 fully saturated rings. The third-order valence-electron chi connectivity index (χ3n) is 4.80. The van der Waals surface area contributed by atoms with E-state index in [1.807, 2.05) is 0 Å². The summed E-state index contributed by atoms with van der Waals surface area (Å²) in [6.07, 6.45) is 1.54. The van der Waals surface area contributed by atoms with Crippen LogP contribution in [0.15, 0.2) is 59.8 Å². The van der Waals surface area contributed by atoms with Crippen LogP contribution in [0, 0.1) is 5.82 Å². The standard InChI is InChI=1S/C23H19ClFN3O4S/c1-28(11-16-17(24)5-2-6-18(16)25)23(30)15-4-3-9-26-22(15)33-12-21(29)27-14-7-8-19-20(10-14)32-13-31-19/h2-10H,11-13H2,1H3,(H,27,29). The first-order chi connectivity index (χ1) is 15.9. The van der Waals surface area contributed by atoms with Crippen molar-refractivity contribution in [1.82, 2.24) is 9.88 Å². The van der Waals surface area contributed by atoms with E-state index in [0.29, 0.717) is 27.8 Å². The number of anilines is 1. The van der Waals surface area contributed by atoms with Gasteiger partial charge in [0.2, 0.25) is 12.7 Å². The number of hydrogen-bond donors (Lipinski definition) is 1. The number of carbonyl (C=O) groups excluding carboxylic acids is 2. The quantitative estimate of drug-likeness (QED) is 0.490. The van der Waals surface area contributed by atoms with Gasteiger partial charge in [0.05, 0.1) is 11.3 Å². The van der Waals surface area contributed by atoms with E-state index in [1.165, 1.54) is 17.0 Å². The van der Waals surface area contributed by atoms with Crippen LogP contribution in [-0.4, -0.2) is 41.3 Å². The molecule has 0 bridgehead atoms. The highest BCUT2D eigenvalue weighted by Gasteiger charge is 2.20. The van der Waals surface area contributed by atoms with Crippen molar-refractivity contribution in [3.8, 4) is 11.5 Å². The maximum atomic E-state index is 14.1. The second-order valence-electron chi connectivity index (χ2n) is 7.12. The monoisotopic (exact) mass is 487 g/mol. The average molecular weight is 488 g/mol. The van der Waals surface area contributed by atoms with E-state index >= 15 is 0 Å². The van der Waals surface area contributed by atoms with Crippen molar-refractivity contribution in [3.05, 3.63) is 76.7 Å². The maximum absolute atomic E-state index is 14.1. The molecule has 7 nitrogen and oxygen atoms in total. The number of nitrogens with one attached hydrogen (secondary N) is 1. The van der Waals surface area contributed by atoms with Gasteiger partial charge in [-0.25, -0.2) is 9.37 Å². The fourth-order valence-electron chi connectivity index (χ4n) is 3.17. The summed E-state index contributed by atoms with van der Waals surface area (Å²) in [4.78, 5) is 31.1. The summed E-state index contributed by atoms with van der Waals surface area (Å²) in [5.74, 6) is 0.115. The Labute approximate surface area is 198 Å². The number of benzene rings is 2. The van der Waals surface area contributed by atoms with Crippen molar-refractivity contribution in [3.63, 3.8) is 0 Å². The molecule has 1 aliphatic rings. The van der Waals surface area contributed by atoms with Crippen LogP contribution in [0.2, 0.25) is 5.02 Å². The van der Waals surface area contributed by atoms with Gasteiger partial charge in [-0.15, -0.1) is 0 Å². The first-order valence-corrected chi connectivity index (χ1v) is 11.2. The Bertz CT molecular complexity index is 1190. The highest BCUT2D eigenvalue weighted by atomic mass is 35.5. The molecular weight excluding hydrogens is 469 g/mol. The SMILES string of the molecule is CN(Cc1c(F)cccc1Cl)C(=O)c1cccnc1SCC(=O)Nc1ccc2c(c1)OCO2. The number of rotatable bonds is 7. The van der Waals surface area contributed by atoms with Gasteiger partial charge in [-0.3, -0.25) is 9.59 Å². The van der Waals surface area contributed by atoms with Crippen LogP contribution in [0.25, 0.3) is 0 Å². The van der Waals surface area contributed by atoms with Crippen LogP contribution < -0.4 is 14.8 Å². The van der Waals surface area contributed by atoms with Crippen LogP contribution >= 0.6 is 23.4 Å². The number of hydrogen-bond acceptors (Lipinski definition) is 6. The van der Waals surface area contributed by atoms with Crippen molar-refractivity contribution in [2.75, 3.05) is 24.9 Å². The van der Waals surface area contributed by atoms with E-state index < -0.39 is 5.82 Å². The number of aromatic nitrogens is 1. The van der Waals surface area contributed by atoms with Crippen molar-refractivity contribution >= 4 is 40.9 Å². The summed E-state index contributed by atoms with van der Waals surface area (Å²) in [7, 11) is 1.55. The van der Waals surface area contributed by atoms with Crippen LogP contribution in [0.3, 0.4) is 0 Å². The minimum atomic E-state index is -0.483. The number of thioether (sulfide) groups is 1. The molecule has 1 aromatic heterocycles. The zero-order chi connectivity index (χ0) is 23.4. The van der Waals surface area contributed by atoms with Gasteiger partial charge in [0.25, 0.3) is 5.91 Å². The molecule has 1 N–H and O–H groups in total. The molecule has 0 aliphatic carbocycles. The maximum Gasteiger partial charge on any atom is 0.256 e. The normalized spacial score (nSPS) is 11.8. The zero-order valence-electron chi connectivity index (χ0n) is 17.5. The number of halogens is 2. The lowest BCUT2D eigenvalue weighted by molar-refractivity contribution is -0.113. The molecule has 10 heteroatoms. The summed E-state index contributed by atoms with van der Waals surface area (Å²) < 4.78 is 24.7. The molecule has 2 heterocycles.